The van der Waals surface area contributed by atoms with Gasteiger partial charge >= 0.3 is 0 Å². The van der Waals surface area contributed by atoms with Gasteiger partial charge in [0.2, 0.25) is 0 Å². The van der Waals surface area contributed by atoms with E-state index in [0.717, 1.165) is 17.0 Å². The van der Waals surface area contributed by atoms with Crippen LogP contribution in [0.3, 0.4) is 0 Å². The van der Waals surface area contributed by atoms with Gasteiger partial charge < -0.3 is 29.6 Å². The molecule has 2 rings (SSSR count). The molecule has 2 aromatic carbocycles. The maximum absolute atomic E-state index is 5.55. The molecule has 0 fully saturated rings. The molecule has 27 heavy (non-hydrogen) atoms. The summed E-state index contributed by atoms with van der Waals surface area (Å²) in [4.78, 5) is 4.25. The SMILES string of the molecule is CCOc1ccc(CNC(=NC)Nc2ccc(OC)c(OC)c2)cc1OC. The molecule has 2 aromatic rings. The predicted molar refractivity (Wildman–Crippen MR) is 108 cm³/mol. The average Bonchev–Trinajstić information content (AvgIpc) is 2.71. The van der Waals surface area contributed by atoms with Crippen LogP contribution in [0.4, 0.5) is 5.69 Å². The van der Waals surface area contributed by atoms with Crippen molar-refractivity contribution in [1.82, 2.24) is 5.32 Å². The smallest absolute Gasteiger partial charge is 0.195 e. The summed E-state index contributed by atoms with van der Waals surface area (Å²) in [6, 6.07) is 11.4. The largest absolute Gasteiger partial charge is 0.493 e. The number of aliphatic imine (C=N–C) groups is 1. The van der Waals surface area contributed by atoms with Crippen molar-refractivity contribution in [3.05, 3.63) is 42.0 Å². The molecule has 2 N–H and O–H groups in total. The zero-order valence-corrected chi connectivity index (χ0v) is 16.5. The fourth-order valence-corrected chi connectivity index (χ4v) is 2.51. The second kappa shape index (κ2) is 10.2. The van der Waals surface area contributed by atoms with Crippen molar-refractivity contribution in [2.24, 2.45) is 4.99 Å². The molecule has 0 atom stereocenters. The lowest BCUT2D eigenvalue weighted by atomic mass is 10.2. The zero-order chi connectivity index (χ0) is 19.6. The number of benzene rings is 2. The van der Waals surface area contributed by atoms with E-state index in [9.17, 15) is 0 Å². The van der Waals surface area contributed by atoms with E-state index in [1.807, 2.05) is 43.3 Å². The molecule has 7 heteroatoms. The fourth-order valence-electron chi connectivity index (χ4n) is 2.51. The zero-order valence-electron chi connectivity index (χ0n) is 16.5. The highest BCUT2D eigenvalue weighted by atomic mass is 16.5. The molecule has 0 unspecified atom stereocenters. The van der Waals surface area contributed by atoms with E-state index in [2.05, 4.69) is 15.6 Å². The molecule has 0 aliphatic heterocycles. The number of ether oxygens (including phenoxy) is 4. The highest BCUT2D eigenvalue weighted by Crippen LogP contribution is 2.30. The molecule has 0 radical (unpaired) electrons. The molecule has 7 nitrogen and oxygen atoms in total. The number of hydrogen-bond acceptors (Lipinski definition) is 5. The number of hydrogen-bond donors (Lipinski definition) is 2. The summed E-state index contributed by atoms with van der Waals surface area (Å²) in [6.45, 7) is 3.12. The van der Waals surface area contributed by atoms with Crippen molar-refractivity contribution >= 4 is 11.6 Å². The molecule has 0 heterocycles. The monoisotopic (exact) mass is 373 g/mol. The summed E-state index contributed by atoms with van der Waals surface area (Å²) in [7, 11) is 6.56. The van der Waals surface area contributed by atoms with E-state index >= 15 is 0 Å². The first-order chi connectivity index (χ1) is 13.1. The van der Waals surface area contributed by atoms with Crippen LogP contribution in [0.2, 0.25) is 0 Å². The van der Waals surface area contributed by atoms with Gasteiger partial charge in [-0.1, -0.05) is 6.07 Å². The van der Waals surface area contributed by atoms with Crippen LogP contribution in [0.5, 0.6) is 23.0 Å². The Kier molecular flexibility index (Phi) is 7.61. The minimum atomic E-state index is 0.579. The van der Waals surface area contributed by atoms with Crippen LogP contribution in [0.1, 0.15) is 12.5 Å². The van der Waals surface area contributed by atoms with Crippen LogP contribution in [0.25, 0.3) is 0 Å². The van der Waals surface area contributed by atoms with Crippen molar-refractivity contribution in [2.45, 2.75) is 13.5 Å². The molecule has 146 valence electrons. The minimum Gasteiger partial charge on any atom is -0.493 e. The molecule has 0 amide bonds. The Morgan fingerprint density at radius 1 is 0.889 bits per heavy atom. The Bertz CT molecular complexity index is 778. The number of rotatable bonds is 8. The van der Waals surface area contributed by atoms with Gasteiger partial charge in [0.1, 0.15) is 0 Å². The van der Waals surface area contributed by atoms with Gasteiger partial charge in [0.05, 0.1) is 27.9 Å². The summed E-state index contributed by atoms with van der Waals surface area (Å²) < 4.78 is 21.5. The van der Waals surface area contributed by atoms with Crippen molar-refractivity contribution in [3.8, 4) is 23.0 Å². The first kappa shape index (κ1) is 20.2. The normalized spacial score (nSPS) is 10.9. The molecule has 0 aromatic heterocycles. The van der Waals surface area contributed by atoms with Gasteiger partial charge in [-0.2, -0.15) is 0 Å². The van der Waals surface area contributed by atoms with Crippen LogP contribution in [-0.2, 0) is 6.54 Å². The highest BCUT2D eigenvalue weighted by Gasteiger charge is 2.08. The van der Waals surface area contributed by atoms with Crippen molar-refractivity contribution in [3.63, 3.8) is 0 Å². The lowest BCUT2D eigenvalue weighted by Crippen LogP contribution is -2.30. The van der Waals surface area contributed by atoms with Gasteiger partial charge in [-0.3, -0.25) is 4.99 Å². The average molecular weight is 373 g/mol. The molecule has 0 saturated carbocycles. The molecule has 0 aliphatic rings. The minimum absolute atomic E-state index is 0.579. The lowest BCUT2D eigenvalue weighted by molar-refractivity contribution is 0.310. The third-order valence-electron chi connectivity index (χ3n) is 3.86. The first-order valence-electron chi connectivity index (χ1n) is 8.64. The number of anilines is 1. The first-order valence-corrected chi connectivity index (χ1v) is 8.64. The molecule has 0 bridgehead atoms. The molecule has 0 aliphatic carbocycles. The molecule has 0 saturated heterocycles. The van der Waals surface area contributed by atoms with E-state index in [0.29, 0.717) is 36.4 Å². The number of nitrogens with zero attached hydrogens (tertiary/aromatic N) is 1. The van der Waals surface area contributed by atoms with E-state index in [1.54, 1.807) is 28.4 Å². The molecule has 0 spiro atoms. The predicted octanol–water partition coefficient (Wildman–Crippen LogP) is 3.30. The van der Waals surface area contributed by atoms with Gasteiger partial charge in [-0.25, -0.2) is 0 Å². The Labute approximate surface area is 160 Å². The Balaban J connectivity index is 2.04. The van der Waals surface area contributed by atoms with Gasteiger partial charge in [0.15, 0.2) is 29.0 Å². The van der Waals surface area contributed by atoms with Crippen molar-refractivity contribution in [1.29, 1.82) is 0 Å². The van der Waals surface area contributed by atoms with Gasteiger partial charge in [0, 0.05) is 25.3 Å². The Hall–Kier alpha value is -3.09. The summed E-state index contributed by atoms with van der Waals surface area (Å²) in [5, 5.41) is 6.51. The van der Waals surface area contributed by atoms with Crippen molar-refractivity contribution < 1.29 is 18.9 Å². The molecular formula is C20H27N3O4. The quantitative estimate of drug-likeness (QED) is 0.546. The van der Waals surface area contributed by atoms with E-state index in [4.69, 9.17) is 18.9 Å². The maximum atomic E-state index is 5.55. The number of methoxy groups -OCH3 is 3. The summed E-state index contributed by atoms with van der Waals surface area (Å²) >= 11 is 0. The standard InChI is InChI=1S/C20H27N3O4/c1-6-27-17-9-7-14(11-18(17)25-4)13-22-20(21-2)23-15-8-10-16(24-3)19(12-15)26-5/h7-12H,6,13H2,1-5H3,(H2,21,22,23). The maximum Gasteiger partial charge on any atom is 0.195 e. The van der Waals surface area contributed by atoms with Crippen LogP contribution in [-0.4, -0.2) is 40.9 Å². The molecular weight excluding hydrogens is 346 g/mol. The fraction of sp³-hybridized carbons (Fsp3) is 0.350. The lowest BCUT2D eigenvalue weighted by Gasteiger charge is -2.15. The third kappa shape index (κ3) is 5.44. The topological polar surface area (TPSA) is 73.3 Å². The number of guanidine groups is 1. The van der Waals surface area contributed by atoms with Crippen molar-refractivity contribution in [2.75, 3.05) is 40.3 Å². The Morgan fingerprint density at radius 3 is 2.19 bits per heavy atom. The van der Waals surface area contributed by atoms with Gasteiger partial charge in [0.25, 0.3) is 0 Å². The van der Waals surface area contributed by atoms with E-state index in [-0.39, 0.29) is 0 Å². The van der Waals surface area contributed by atoms with Gasteiger partial charge in [-0.15, -0.1) is 0 Å². The second-order valence-electron chi connectivity index (χ2n) is 5.54. The third-order valence-corrected chi connectivity index (χ3v) is 3.86. The number of nitrogens with one attached hydrogen (secondary N) is 2. The summed E-state index contributed by atoms with van der Waals surface area (Å²) in [5.74, 6) is 3.40. The van der Waals surface area contributed by atoms with Crippen LogP contribution >= 0.6 is 0 Å². The van der Waals surface area contributed by atoms with Crippen LogP contribution in [0, 0.1) is 0 Å². The summed E-state index contributed by atoms with van der Waals surface area (Å²) in [5.41, 5.74) is 1.88. The van der Waals surface area contributed by atoms with E-state index in [1.165, 1.54) is 0 Å². The van der Waals surface area contributed by atoms with Crippen LogP contribution < -0.4 is 29.6 Å². The second-order valence-corrected chi connectivity index (χ2v) is 5.54. The summed E-state index contributed by atoms with van der Waals surface area (Å²) in [6.07, 6.45) is 0. The van der Waals surface area contributed by atoms with Gasteiger partial charge in [-0.05, 0) is 36.8 Å². The van der Waals surface area contributed by atoms with E-state index < -0.39 is 0 Å². The Morgan fingerprint density at radius 2 is 1.56 bits per heavy atom. The highest BCUT2D eigenvalue weighted by molar-refractivity contribution is 5.93. The van der Waals surface area contributed by atoms with Crippen LogP contribution in [0.15, 0.2) is 41.4 Å².